The molecule has 0 atom stereocenters. The number of carbonyl (C=O) groups excluding carboxylic acids is 1. The van der Waals surface area contributed by atoms with Gasteiger partial charge >= 0.3 is 0 Å². The van der Waals surface area contributed by atoms with E-state index < -0.39 is 0 Å². The first-order chi connectivity index (χ1) is 9.25. The predicted octanol–water partition coefficient (Wildman–Crippen LogP) is 3.38. The van der Waals surface area contributed by atoms with Crippen molar-refractivity contribution in [3.05, 3.63) is 35.0 Å². The quantitative estimate of drug-likeness (QED) is 0.897. The Balaban J connectivity index is 1.83. The molecular weight excluding hydrogens is 260 g/mol. The highest BCUT2D eigenvalue weighted by Crippen LogP contribution is 2.27. The molecule has 1 aromatic heterocycles. The third kappa shape index (κ3) is 2.47. The molecule has 1 fully saturated rings. The van der Waals surface area contributed by atoms with Gasteiger partial charge in [-0.25, -0.2) is 0 Å². The van der Waals surface area contributed by atoms with Crippen LogP contribution in [0.5, 0.6) is 0 Å². The van der Waals surface area contributed by atoms with Crippen LogP contribution in [0.1, 0.15) is 24.8 Å². The number of benzene rings is 1. The third-order valence-electron chi connectivity index (χ3n) is 3.79. The molecule has 100 valence electrons. The summed E-state index contributed by atoms with van der Waals surface area (Å²) in [6.45, 7) is 1.80. The molecular formula is C15H17ClN2O. The van der Waals surface area contributed by atoms with Crippen LogP contribution >= 0.6 is 11.6 Å². The number of rotatable bonds is 2. The van der Waals surface area contributed by atoms with E-state index in [0.717, 1.165) is 42.4 Å². The number of piperidine rings is 1. The van der Waals surface area contributed by atoms with Gasteiger partial charge in [-0.05, 0) is 37.0 Å². The largest absolute Gasteiger partial charge is 0.361 e. The smallest absolute Gasteiger partial charge is 0.227 e. The minimum atomic E-state index is 0.209. The van der Waals surface area contributed by atoms with Gasteiger partial charge in [-0.1, -0.05) is 17.7 Å². The fourth-order valence-corrected chi connectivity index (χ4v) is 3.06. The van der Waals surface area contributed by atoms with Crippen molar-refractivity contribution in [3.63, 3.8) is 0 Å². The zero-order chi connectivity index (χ0) is 13.2. The summed E-state index contributed by atoms with van der Waals surface area (Å²) < 4.78 is 0. The Morgan fingerprint density at radius 2 is 2.05 bits per heavy atom. The molecule has 0 aliphatic carbocycles. The Hall–Kier alpha value is -1.48. The number of halogens is 1. The van der Waals surface area contributed by atoms with Crippen LogP contribution in [0.2, 0.25) is 5.02 Å². The zero-order valence-corrected chi connectivity index (χ0v) is 11.5. The molecule has 2 aromatic rings. The van der Waals surface area contributed by atoms with Crippen LogP contribution in [0, 0.1) is 0 Å². The topological polar surface area (TPSA) is 36.1 Å². The highest BCUT2D eigenvalue weighted by Gasteiger charge is 2.18. The van der Waals surface area contributed by atoms with Crippen molar-refractivity contribution in [3.8, 4) is 0 Å². The average Bonchev–Trinajstić information content (AvgIpc) is 2.84. The number of H-pyrrole nitrogens is 1. The van der Waals surface area contributed by atoms with E-state index in [2.05, 4.69) is 4.98 Å². The molecule has 2 heterocycles. The van der Waals surface area contributed by atoms with Crippen molar-refractivity contribution >= 4 is 28.4 Å². The molecule has 4 heteroatoms. The second kappa shape index (κ2) is 5.25. The highest BCUT2D eigenvalue weighted by molar-refractivity contribution is 6.35. The molecule has 19 heavy (non-hydrogen) atoms. The first kappa shape index (κ1) is 12.5. The van der Waals surface area contributed by atoms with E-state index in [1.807, 2.05) is 29.3 Å². The summed E-state index contributed by atoms with van der Waals surface area (Å²) in [4.78, 5) is 17.4. The number of nitrogens with zero attached hydrogens (tertiary/aromatic N) is 1. The van der Waals surface area contributed by atoms with Crippen LogP contribution in [-0.2, 0) is 11.2 Å². The van der Waals surface area contributed by atoms with Crippen LogP contribution in [0.4, 0.5) is 0 Å². The maximum absolute atomic E-state index is 12.3. The van der Waals surface area contributed by atoms with E-state index in [4.69, 9.17) is 11.6 Å². The summed E-state index contributed by atoms with van der Waals surface area (Å²) in [6, 6.07) is 5.76. The molecule has 1 N–H and O–H groups in total. The number of carbonyl (C=O) groups is 1. The number of aromatic nitrogens is 1. The van der Waals surface area contributed by atoms with Crippen molar-refractivity contribution in [1.82, 2.24) is 9.88 Å². The lowest BCUT2D eigenvalue weighted by Gasteiger charge is -2.26. The maximum Gasteiger partial charge on any atom is 0.227 e. The molecule has 0 bridgehead atoms. The second-order valence-corrected chi connectivity index (χ2v) is 5.50. The zero-order valence-electron chi connectivity index (χ0n) is 10.8. The summed E-state index contributed by atoms with van der Waals surface area (Å²) in [7, 11) is 0. The molecule has 0 spiro atoms. The van der Waals surface area contributed by atoms with Gasteiger partial charge in [0.2, 0.25) is 5.91 Å². The fraction of sp³-hybridized carbons (Fsp3) is 0.400. The van der Waals surface area contributed by atoms with Crippen LogP contribution in [0.3, 0.4) is 0 Å². The summed E-state index contributed by atoms with van der Waals surface area (Å²) in [5.41, 5.74) is 1.99. The molecule has 1 aliphatic heterocycles. The lowest BCUT2D eigenvalue weighted by molar-refractivity contribution is -0.131. The van der Waals surface area contributed by atoms with Crippen LogP contribution < -0.4 is 0 Å². The SMILES string of the molecule is O=C(Cc1c[nH]c2cccc(Cl)c12)N1CCCCC1. The predicted molar refractivity (Wildman–Crippen MR) is 77.4 cm³/mol. The Bertz CT molecular complexity index is 599. The summed E-state index contributed by atoms with van der Waals surface area (Å²) >= 11 is 6.23. The van der Waals surface area contributed by atoms with Gasteiger partial charge in [-0.3, -0.25) is 4.79 Å². The Morgan fingerprint density at radius 1 is 1.26 bits per heavy atom. The molecule has 0 saturated carbocycles. The monoisotopic (exact) mass is 276 g/mol. The molecule has 1 saturated heterocycles. The third-order valence-corrected chi connectivity index (χ3v) is 4.10. The van der Waals surface area contributed by atoms with E-state index >= 15 is 0 Å². The summed E-state index contributed by atoms with van der Waals surface area (Å²) in [5.74, 6) is 0.209. The molecule has 1 aromatic carbocycles. The number of likely N-dealkylation sites (tertiary alicyclic amines) is 1. The molecule has 1 amide bonds. The van der Waals surface area contributed by atoms with Gasteiger partial charge < -0.3 is 9.88 Å². The fourth-order valence-electron chi connectivity index (χ4n) is 2.77. The van der Waals surface area contributed by atoms with E-state index in [1.54, 1.807) is 0 Å². The highest BCUT2D eigenvalue weighted by atomic mass is 35.5. The van der Waals surface area contributed by atoms with Crippen LogP contribution in [0.25, 0.3) is 10.9 Å². The minimum Gasteiger partial charge on any atom is -0.361 e. The van der Waals surface area contributed by atoms with Crippen LogP contribution in [0.15, 0.2) is 24.4 Å². The number of fused-ring (bicyclic) bond motifs is 1. The van der Waals surface area contributed by atoms with E-state index in [9.17, 15) is 4.79 Å². The average molecular weight is 277 g/mol. The Kier molecular flexibility index (Phi) is 3.47. The van der Waals surface area contributed by atoms with Crippen molar-refractivity contribution < 1.29 is 4.79 Å². The van der Waals surface area contributed by atoms with Crippen molar-refractivity contribution in [1.29, 1.82) is 0 Å². The standard InChI is InChI=1S/C15H17ClN2O/c16-12-5-4-6-13-15(12)11(10-17-13)9-14(19)18-7-2-1-3-8-18/h4-6,10,17H,1-3,7-9H2. The van der Waals surface area contributed by atoms with Crippen LogP contribution in [-0.4, -0.2) is 28.9 Å². The van der Waals surface area contributed by atoms with E-state index in [-0.39, 0.29) is 5.91 Å². The van der Waals surface area contributed by atoms with Gasteiger partial charge in [-0.2, -0.15) is 0 Å². The van der Waals surface area contributed by atoms with Crippen molar-refractivity contribution in [2.45, 2.75) is 25.7 Å². The van der Waals surface area contributed by atoms with Crippen molar-refractivity contribution in [2.24, 2.45) is 0 Å². The summed E-state index contributed by atoms with van der Waals surface area (Å²) in [5, 5.41) is 1.69. The van der Waals surface area contributed by atoms with Gasteiger partial charge in [0, 0.05) is 30.2 Å². The Morgan fingerprint density at radius 3 is 2.84 bits per heavy atom. The van der Waals surface area contributed by atoms with Gasteiger partial charge in [0.15, 0.2) is 0 Å². The van der Waals surface area contributed by atoms with Gasteiger partial charge in [0.25, 0.3) is 0 Å². The normalized spacial score (nSPS) is 15.9. The van der Waals surface area contributed by atoms with Gasteiger partial charge in [0.05, 0.1) is 11.4 Å². The lowest BCUT2D eigenvalue weighted by Crippen LogP contribution is -2.36. The lowest BCUT2D eigenvalue weighted by atomic mass is 10.1. The first-order valence-corrected chi connectivity index (χ1v) is 7.16. The number of nitrogens with one attached hydrogen (secondary N) is 1. The van der Waals surface area contributed by atoms with Crippen molar-refractivity contribution in [2.75, 3.05) is 13.1 Å². The Labute approximate surface area is 117 Å². The molecule has 0 unspecified atom stereocenters. The molecule has 3 rings (SSSR count). The van der Waals surface area contributed by atoms with E-state index in [0.29, 0.717) is 11.4 Å². The molecule has 1 aliphatic rings. The maximum atomic E-state index is 12.3. The number of hydrogen-bond donors (Lipinski definition) is 1. The number of aromatic amines is 1. The minimum absolute atomic E-state index is 0.209. The number of amides is 1. The first-order valence-electron chi connectivity index (χ1n) is 6.78. The second-order valence-electron chi connectivity index (χ2n) is 5.09. The molecule has 0 radical (unpaired) electrons. The van der Waals surface area contributed by atoms with Gasteiger partial charge in [0.1, 0.15) is 0 Å². The summed E-state index contributed by atoms with van der Waals surface area (Å²) in [6.07, 6.45) is 5.82. The molecule has 3 nitrogen and oxygen atoms in total. The number of hydrogen-bond acceptors (Lipinski definition) is 1. The van der Waals surface area contributed by atoms with E-state index in [1.165, 1.54) is 6.42 Å². The van der Waals surface area contributed by atoms with Gasteiger partial charge in [-0.15, -0.1) is 0 Å².